The van der Waals surface area contributed by atoms with Crippen LogP contribution in [0.1, 0.15) is 28.9 Å². The summed E-state index contributed by atoms with van der Waals surface area (Å²) in [5, 5.41) is 7.93. The summed E-state index contributed by atoms with van der Waals surface area (Å²) in [5.74, 6) is -0.0158. The minimum absolute atomic E-state index is 0.0178. The van der Waals surface area contributed by atoms with Gasteiger partial charge in [0.05, 0.1) is 36.7 Å². The molecule has 9 nitrogen and oxygen atoms in total. The van der Waals surface area contributed by atoms with E-state index < -0.39 is 17.7 Å². The van der Waals surface area contributed by atoms with Gasteiger partial charge in [0.15, 0.2) is 12.4 Å². The number of hydrogen-bond donors (Lipinski definition) is 0. The zero-order valence-corrected chi connectivity index (χ0v) is 18.6. The van der Waals surface area contributed by atoms with Crippen molar-refractivity contribution in [1.29, 1.82) is 0 Å². The third kappa shape index (κ3) is 5.26. The van der Waals surface area contributed by atoms with Gasteiger partial charge in [0.1, 0.15) is 5.75 Å². The summed E-state index contributed by atoms with van der Waals surface area (Å²) in [4.78, 5) is 16.8. The van der Waals surface area contributed by atoms with E-state index in [1.54, 1.807) is 18.2 Å². The molecule has 0 fully saturated rings. The van der Waals surface area contributed by atoms with Crippen molar-refractivity contribution in [3.8, 4) is 28.6 Å². The highest BCUT2D eigenvalue weighted by Gasteiger charge is 2.31. The molecule has 2 heterocycles. The average molecular weight is 488 g/mol. The van der Waals surface area contributed by atoms with Gasteiger partial charge in [-0.2, -0.15) is 23.3 Å². The van der Waals surface area contributed by atoms with Gasteiger partial charge in [0.2, 0.25) is 11.5 Å². The van der Waals surface area contributed by atoms with Crippen molar-refractivity contribution in [1.82, 2.24) is 19.9 Å². The van der Waals surface area contributed by atoms with Crippen LogP contribution in [0.2, 0.25) is 0 Å². The molecule has 182 valence electrons. The van der Waals surface area contributed by atoms with Crippen LogP contribution in [0.25, 0.3) is 17.1 Å². The molecule has 0 aliphatic heterocycles. The molecule has 4 aromatic rings. The molecule has 4 rings (SSSR count). The minimum Gasteiger partial charge on any atom is -0.493 e. The number of halogens is 3. The van der Waals surface area contributed by atoms with Crippen molar-refractivity contribution in [2.24, 2.45) is 0 Å². The Morgan fingerprint density at radius 2 is 1.91 bits per heavy atom. The molecule has 0 aliphatic rings. The maximum Gasteiger partial charge on any atom is 0.416 e. The van der Waals surface area contributed by atoms with Crippen LogP contribution in [0.4, 0.5) is 13.2 Å². The number of carbonyl (C=O) groups is 1. The lowest BCUT2D eigenvalue weighted by Gasteiger charge is -2.08. The number of carbonyl (C=O) groups excluding carboxylic acids is 1. The second-order valence-electron chi connectivity index (χ2n) is 7.06. The van der Waals surface area contributed by atoms with Crippen molar-refractivity contribution in [3.63, 3.8) is 0 Å². The first-order valence-electron chi connectivity index (χ1n) is 10.3. The van der Waals surface area contributed by atoms with Gasteiger partial charge in [0, 0.05) is 0 Å². The molecule has 0 unspecified atom stereocenters. The lowest BCUT2D eigenvalue weighted by atomic mass is 10.2. The summed E-state index contributed by atoms with van der Waals surface area (Å²) in [7, 11) is 1.30. The first kappa shape index (κ1) is 23.8. The monoisotopic (exact) mass is 488 g/mol. The Kier molecular flexibility index (Phi) is 6.71. The number of aromatic nitrogens is 4. The lowest BCUT2D eigenvalue weighted by Crippen LogP contribution is -2.09. The fraction of sp³-hybridized carbons (Fsp3) is 0.217. The van der Waals surface area contributed by atoms with Crippen LogP contribution in [-0.4, -0.2) is 39.6 Å². The zero-order chi connectivity index (χ0) is 25.0. The predicted octanol–water partition coefficient (Wildman–Crippen LogP) is 4.71. The van der Waals surface area contributed by atoms with E-state index in [4.69, 9.17) is 18.7 Å². The standard InChI is InChI=1S/C23H19F3N4O5/c1-3-33-17-10-5-4-9-16(17)21-27-19(35-29-21)13-34-22(31)20-18(32-2)12-30(28-20)15-8-6-7-14(11-15)23(24,25)26/h4-12H,3,13H2,1-2H3. The van der Waals surface area contributed by atoms with Crippen molar-refractivity contribution < 1.29 is 36.7 Å². The summed E-state index contributed by atoms with van der Waals surface area (Å²) in [6.07, 6.45) is -3.25. The molecular formula is C23H19F3N4O5. The molecule has 0 N–H and O–H groups in total. The van der Waals surface area contributed by atoms with Gasteiger partial charge in [-0.1, -0.05) is 23.4 Å². The smallest absolute Gasteiger partial charge is 0.416 e. The van der Waals surface area contributed by atoms with Gasteiger partial charge < -0.3 is 18.7 Å². The Hall–Kier alpha value is -4.35. The number of para-hydroxylation sites is 1. The van der Waals surface area contributed by atoms with E-state index in [2.05, 4.69) is 15.2 Å². The Morgan fingerprint density at radius 1 is 1.11 bits per heavy atom. The molecule has 0 saturated heterocycles. The van der Waals surface area contributed by atoms with Crippen molar-refractivity contribution in [3.05, 3.63) is 71.9 Å². The third-order valence-corrected chi connectivity index (χ3v) is 4.75. The number of nitrogens with zero attached hydrogens (tertiary/aromatic N) is 4. The Morgan fingerprint density at radius 3 is 2.66 bits per heavy atom. The van der Waals surface area contributed by atoms with Gasteiger partial charge >= 0.3 is 12.1 Å². The molecule has 0 amide bonds. The second kappa shape index (κ2) is 9.87. The predicted molar refractivity (Wildman–Crippen MR) is 115 cm³/mol. The molecule has 0 bridgehead atoms. The van der Waals surface area contributed by atoms with Crippen LogP contribution < -0.4 is 9.47 Å². The highest BCUT2D eigenvalue weighted by atomic mass is 19.4. The van der Waals surface area contributed by atoms with Crippen LogP contribution in [0, 0.1) is 0 Å². The highest BCUT2D eigenvalue weighted by Crippen LogP contribution is 2.31. The zero-order valence-electron chi connectivity index (χ0n) is 18.6. The molecule has 0 aliphatic carbocycles. The van der Waals surface area contributed by atoms with Gasteiger partial charge in [-0.3, -0.25) is 0 Å². The van der Waals surface area contributed by atoms with E-state index in [1.807, 2.05) is 13.0 Å². The van der Waals surface area contributed by atoms with Gasteiger partial charge in [-0.15, -0.1) is 0 Å². The summed E-state index contributed by atoms with van der Waals surface area (Å²) < 4.78 is 61.3. The van der Waals surface area contributed by atoms with Crippen LogP contribution in [-0.2, 0) is 17.5 Å². The minimum atomic E-state index is -4.53. The lowest BCUT2D eigenvalue weighted by molar-refractivity contribution is -0.137. The van der Waals surface area contributed by atoms with Crippen LogP contribution in [0.15, 0.2) is 59.3 Å². The molecule has 0 atom stereocenters. The maximum absolute atomic E-state index is 13.0. The number of rotatable bonds is 8. The number of alkyl halides is 3. The number of benzene rings is 2. The van der Waals surface area contributed by atoms with Crippen LogP contribution in [0.3, 0.4) is 0 Å². The van der Waals surface area contributed by atoms with E-state index in [1.165, 1.54) is 25.4 Å². The van der Waals surface area contributed by atoms with E-state index in [-0.39, 0.29) is 35.5 Å². The Labute approximate surface area is 197 Å². The van der Waals surface area contributed by atoms with E-state index in [0.717, 1.165) is 16.8 Å². The summed E-state index contributed by atoms with van der Waals surface area (Å²) in [6, 6.07) is 11.6. The quantitative estimate of drug-likeness (QED) is 0.329. The van der Waals surface area contributed by atoms with Crippen molar-refractivity contribution >= 4 is 5.97 Å². The highest BCUT2D eigenvalue weighted by molar-refractivity contribution is 5.90. The third-order valence-electron chi connectivity index (χ3n) is 4.75. The molecule has 2 aromatic heterocycles. The van der Waals surface area contributed by atoms with Gasteiger partial charge in [-0.25, -0.2) is 9.48 Å². The molecule has 0 saturated carbocycles. The molecule has 12 heteroatoms. The van der Waals surface area contributed by atoms with Crippen LogP contribution in [0.5, 0.6) is 11.5 Å². The fourth-order valence-corrected chi connectivity index (χ4v) is 3.16. The summed E-state index contributed by atoms with van der Waals surface area (Å²) >= 11 is 0. The number of methoxy groups -OCH3 is 1. The van der Waals surface area contributed by atoms with Crippen molar-refractivity contribution in [2.75, 3.05) is 13.7 Å². The van der Waals surface area contributed by atoms with Crippen molar-refractivity contribution in [2.45, 2.75) is 19.7 Å². The summed E-state index contributed by atoms with van der Waals surface area (Å²) in [5.41, 5.74) is -0.387. The molecular weight excluding hydrogens is 469 g/mol. The Bertz CT molecular complexity index is 1330. The van der Waals surface area contributed by atoms with E-state index in [9.17, 15) is 18.0 Å². The molecule has 2 aromatic carbocycles. The maximum atomic E-state index is 13.0. The normalized spacial score (nSPS) is 11.3. The number of ether oxygens (including phenoxy) is 3. The Balaban J connectivity index is 1.50. The average Bonchev–Trinajstić information content (AvgIpc) is 3.50. The van der Waals surface area contributed by atoms with E-state index >= 15 is 0 Å². The van der Waals surface area contributed by atoms with E-state index in [0.29, 0.717) is 17.9 Å². The SMILES string of the molecule is CCOc1ccccc1-c1noc(COC(=O)c2nn(-c3cccc(C(F)(F)F)c3)cc2OC)n1. The fourth-order valence-electron chi connectivity index (χ4n) is 3.16. The van der Waals surface area contributed by atoms with Gasteiger partial charge in [0.25, 0.3) is 5.89 Å². The number of esters is 1. The molecule has 35 heavy (non-hydrogen) atoms. The topological polar surface area (TPSA) is 102 Å². The first-order chi connectivity index (χ1) is 16.8. The largest absolute Gasteiger partial charge is 0.493 e. The molecule has 0 radical (unpaired) electrons. The van der Waals surface area contributed by atoms with Gasteiger partial charge in [-0.05, 0) is 37.3 Å². The second-order valence-corrected chi connectivity index (χ2v) is 7.06. The first-order valence-corrected chi connectivity index (χ1v) is 10.3. The molecule has 0 spiro atoms. The summed E-state index contributed by atoms with van der Waals surface area (Å²) in [6.45, 7) is 1.94. The number of hydrogen-bond acceptors (Lipinski definition) is 8. The van der Waals surface area contributed by atoms with Crippen LogP contribution >= 0.6 is 0 Å².